The van der Waals surface area contributed by atoms with Gasteiger partial charge in [-0.3, -0.25) is 19.2 Å². The molecule has 12 nitrogen and oxygen atoms in total. The molecule has 4 amide bonds. The first-order chi connectivity index (χ1) is 18.5. The van der Waals surface area contributed by atoms with Crippen molar-refractivity contribution in [2.75, 3.05) is 105 Å². The first kappa shape index (κ1) is 30.3. The van der Waals surface area contributed by atoms with Gasteiger partial charge >= 0.3 is 0 Å². The minimum atomic E-state index is -0.213. The van der Waals surface area contributed by atoms with Gasteiger partial charge in [-0.1, -0.05) is 0 Å². The van der Waals surface area contributed by atoms with Crippen molar-refractivity contribution in [3.8, 4) is 0 Å². The molecule has 0 saturated carbocycles. The van der Waals surface area contributed by atoms with E-state index >= 15 is 0 Å². The zero-order valence-electron chi connectivity index (χ0n) is 23.0. The van der Waals surface area contributed by atoms with Gasteiger partial charge < -0.3 is 40.9 Å². The van der Waals surface area contributed by atoms with Crippen LogP contribution in [0.25, 0.3) is 0 Å². The van der Waals surface area contributed by atoms with Crippen LogP contribution in [-0.4, -0.2) is 148 Å². The van der Waals surface area contributed by atoms with Gasteiger partial charge in [0, 0.05) is 78.5 Å². The number of nitrogens with one attached hydrogen (secondary N) is 4. The molecule has 6 saturated heterocycles. The van der Waals surface area contributed by atoms with E-state index in [2.05, 4.69) is 40.9 Å². The molecule has 216 valence electrons. The predicted octanol–water partition coefficient (Wildman–Crippen LogP) is -1.96. The van der Waals surface area contributed by atoms with Gasteiger partial charge in [-0.15, -0.1) is 0 Å². The molecular formula is C26H48N8O4. The highest BCUT2D eigenvalue weighted by molar-refractivity contribution is 5.97. The molecule has 6 aliphatic rings. The summed E-state index contributed by atoms with van der Waals surface area (Å²) in [5, 5.41) is 11.5. The van der Waals surface area contributed by atoms with E-state index in [1.165, 1.54) is 0 Å². The molecule has 0 aromatic rings. The second kappa shape index (κ2) is 17.3. The number of rotatable bonds is 0. The van der Waals surface area contributed by atoms with Crippen molar-refractivity contribution in [3.63, 3.8) is 0 Å². The number of carbonyl (C=O) groups is 4. The highest BCUT2D eigenvalue weighted by Crippen LogP contribution is 2.04. The minimum Gasteiger partial charge on any atom is -0.356 e. The number of amides is 4. The van der Waals surface area contributed by atoms with Crippen LogP contribution < -0.4 is 21.3 Å². The highest BCUT2D eigenvalue weighted by atomic mass is 16.2. The Balaban J connectivity index is 1.39. The zero-order valence-corrected chi connectivity index (χ0v) is 23.0. The third-order valence-electron chi connectivity index (χ3n) is 7.47. The number of piperazine rings is 2. The van der Waals surface area contributed by atoms with E-state index in [0.717, 1.165) is 104 Å². The Hall–Kier alpha value is -2.28. The summed E-state index contributed by atoms with van der Waals surface area (Å²) in [6.45, 7) is 13.9. The van der Waals surface area contributed by atoms with Gasteiger partial charge in [0.2, 0.25) is 23.6 Å². The van der Waals surface area contributed by atoms with Gasteiger partial charge in [-0.25, -0.2) is 0 Å². The van der Waals surface area contributed by atoms with Crippen LogP contribution in [0.4, 0.5) is 0 Å². The summed E-state index contributed by atoms with van der Waals surface area (Å²) in [6, 6.07) is 0. The van der Waals surface area contributed by atoms with Gasteiger partial charge in [0.25, 0.3) is 0 Å². The second-order valence-corrected chi connectivity index (χ2v) is 10.5. The molecule has 6 heterocycles. The van der Waals surface area contributed by atoms with Gasteiger partial charge in [-0.2, -0.15) is 0 Å². The topological polar surface area (TPSA) is 129 Å². The van der Waals surface area contributed by atoms with Crippen molar-refractivity contribution in [1.82, 2.24) is 40.9 Å². The van der Waals surface area contributed by atoms with E-state index in [4.69, 9.17) is 0 Å². The van der Waals surface area contributed by atoms with Crippen LogP contribution in [0, 0.1) is 0 Å². The van der Waals surface area contributed by atoms with E-state index in [9.17, 15) is 19.2 Å². The predicted molar refractivity (Wildman–Crippen MR) is 146 cm³/mol. The average molecular weight is 537 g/mol. The third kappa shape index (κ3) is 12.5. The maximum Gasteiger partial charge on any atom is 0.229 e. The van der Waals surface area contributed by atoms with Gasteiger partial charge in [0.15, 0.2) is 0 Å². The average Bonchev–Trinajstić information content (AvgIpc) is 2.90. The van der Waals surface area contributed by atoms with Crippen LogP contribution in [0.2, 0.25) is 0 Å². The summed E-state index contributed by atoms with van der Waals surface area (Å²) < 4.78 is 0. The van der Waals surface area contributed by atoms with Crippen molar-refractivity contribution in [1.29, 1.82) is 0 Å². The van der Waals surface area contributed by atoms with Crippen LogP contribution in [0.1, 0.15) is 38.5 Å². The fourth-order valence-corrected chi connectivity index (χ4v) is 5.14. The summed E-state index contributed by atoms with van der Waals surface area (Å²) in [6.07, 6.45) is 3.22. The van der Waals surface area contributed by atoms with E-state index in [-0.39, 0.29) is 36.5 Å². The standard InChI is InChI=1S/C26H48N8O4/c35-23-21-24(36)28-6-3-11-33-17-19-34(20-18-33)12-4-8-30-26(38)22-25(37)29-7-2-10-32-15-13-31(14-16-32)9-1-5-27-23/h1-22H2,(H,27,35)(H,28,36)(H,29,37)(H,30,38). The molecule has 4 N–H and O–H groups in total. The third-order valence-corrected chi connectivity index (χ3v) is 7.47. The largest absolute Gasteiger partial charge is 0.356 e. The molecule has 0 radical (unpaired) electrons. The fraction of sp³-hybridized carbons (Fsp3) is 0.846. The smallest absolute Gasteiger partial charge is 0.229 e. The summed E-state index contributed by atoms with van der Waals surface area (Å²) >= 11 is 0. The Bertz CT molecular complexity index is 630. The summed E-state index contributed by atoms with van der Waals surface area (Å²) in [4.78, 5) is 57.9. The van der Waals surface area contributed by atoms with Crippen molar-refractivity contribution < 1.29 is 19.2 Å². The van der Waals surface area contributed by atoms with E-state index in [1.54, 1.807) is 0 Å². The molecule has 12 heteroatoms. The van der Waals surface area contributed by atoms with Gasteiger partial charge in [0.1, 0.15) is 12.8 Å². The summed E-state index contributed by atoms with van der Waals surface area (Å²) in [5.41, 5.74) is 0. The van der Waals surface area contributed by atoms with Crippen molar-refractivity contribution in [3.05, 3.63) is 0 Å². The molecule has 4 bridgehead atoms. The molecule has 0 aromatic heterocycles. The zero-order chi connectivity index (χ0) is 27.0. The lowest BCUT2D eigenvalue weighted by Gasteiger charge is -2.34. The quantitative estimate of drug-likeness (QED) is 0.263. The Morgan fingerprint density at radius 1 is 0.342 bits per heavy atom. The first-order valence-corrected chi connectivity index (χ1v) is 14.4. The molecule has 6 fully saturated rings. The Labute approximate surface area is 227 Å². The summed E-state index contributed by atoms with van der Waals surface area (Å²) in [7, 11) is 0. The molecule has 6 aliphatic heterocycles. The summed E-state index contributed by atoms with van der Waals surface area (Å²) in [5.74, 6) is -0.853. The van der Waals surface area contributed by atoms with Crippen molar-refractivity contribution in [2.24, 2.45) is 0 Å². The molecule has 0 aliphatic carbocycles. The van der Waals surface area contributed by atoms with E-state index in [0.29, 0.717) is 26.2 Å². The first-order valence-electron chi connectivity index (χ1n) is 14.4. The Kier molecular flexibility index (Phi) is 13.8. The highest BCUT2D eigenvalue weighted by Gasteiger charge is 2.18. The number of carbonyl (C=O) groups excluding carboxylic acids is 4. The van der Waals surface area contributed by atoms with E-state index < -0.39 is 0 Å². The number of nitrogens with zero attached hydrogens (tertiary/aromatic N) is 4. The molecular weight excluding hydrogens is 488 g/mol. The van der Waals surface area contributed by atoms with Crippen LogP contribution in [0.5, 0.6) is 0 Å². The molecule has 6 rings (SSSR count). The minimum absolute atomic E-state index is 0.113. The maximum absolute atomic E-state index is 12.1. The van der Waals surface area contributed by atoms with Gasteiger partial charge in [0.05, 0.1) is 0 Å². The van der Waals surface area contributed by atoms with Crippen LogP contribution >= 0.6 is 0 Å². The second-order valence-electron chi connectivity index (χ2n) is 10.5. The van der Waals surface area contributed by atoms with Crippen molar-refractivity contribution in [2.45, 2.75) is 38.5 Å². The lowest BCUT2D eigenvalue weighted by Crippen LogP contribution is -2.47. The molecule has 38 heavy (non-hydrogen) atoms. The maximum atomic E-state index is 12.1. The fourth-order valence-electron chi connectivity index (χ4n) is 5.14. The monoisotopic (exact) mass is 536 g/mol. The molecule has 0 spiro atoms. The lowest BCUT2D eigenvalue weighted by atomic mass is 10.2. The number of hydrogen-bond acceptors (Lipinski definition) is 8. The normalized spacial score (nSPS) is 30.9. The van der Waals surface area contributed by atoms with Gasteiger partial charge in [-0.05, 0) is 51.9 Å². The molecule has 0 aromatic carbocycles. The molecule has 0 atom stereocenters. The Morgan fingerprint density at radius 3 is 0.763 bits per heavy atom. The van der Waals surface area contributed by atoms with Crippen LogP contribution in [0.15, 0.2) is 0 Å². The Morgan fingerprint density at radius 2 is 0.553 bits per heavy atom. The SMILES string of the molecule is O=C1CC(=O)NCCCN2CCN(CCCNC(=O)CC(=O)NCCCN3CCN(CCCN1)CC3)CC2. The number of hydrogen-bond donors (Lipinski definition) is 4. The van der Waals surface area contributed by atoms with E-state index in [1.807, 2.05) is 0 Å². The van der Waals surface area contributed by atoms with Crippen LogP contribution in [0.3, 0.4) is 0 Å². The van der Waals surface area contributed by atoms with Crippen LogP contribution in [-0.2, 0) is 19.2 Å². The molecule has 0 unspecified atom stereocenters. The lowest BCUT2D eigenvalue weighted by molar-refractivity contribution is -0.131. The van der Waals surface area contributed by atoms with Crippen molar-refractivity contribution >= 4 is 23.6 Å².